The van der Waals surface area contributed by atoms with Crippen molar-refractivity contribution in [1.29, 1.82) is 0 Å². The van der Waals surface area contributed by atoms with E-state index in [1.807, 2.05) is 59.5 Å². The van der Waals surface area contributed by atoms with Gasteiger partial charge in [-0.2, -0.15) is 0 Å². The molecule has 1 aliphatic rings. The molecule has 0 aromatic heterocycles. The minimum absolute atomic E-state index is 0.0483. The lowest BCUT2D eigenvalue weighted by molar-refractivity contribution is 0.0990. The minimum atomic E-state index is -0.130. The molecule has 0 aliphatic carbocycles. The lowest BCUT2D eigenvalue weighted by Gasteiger charge is -2.18. The van der Waals surface area contributed by atoms with Crippen molar-refractivity contribution in [3.05, 3.63) is 65.7 Å². The largest absolute Gasteiger partial charge is 0.321 e. The van der Waals surface area contributed by atoms with Crippen molar-refractivity contribution in [1.82, 2.24) is 0 Å². The lowest BCUT2D eigenvalue weighted by atomic mass is 10.0. The van der Waals surface area contributed by atoms with Crippen LogP contribution in [0.15, 0.2) is 59.5 Å². The maximum absolute atomic E-state index is 13.0. The highest BCUT2D eigenvalue weighted by Crippen LogP contribution is 2.41. The maximum atomic E-state index is 13.0. The van der Waals surface area contributed by atoms with E-state index < -0.39 is 0 Å². The number of carbonyl (C=O) groups is 2. The van der Waals surface area contributed by atoms with Crippen molar-refractivity contribution in [3.63, 3.8) is 0 Å². The second-order valence-corrected chi connectivity index (χ2v) is 8.36. The molecule has 0 radical (unpaired) electrons. The number of anilines is 2. The first-order chi connectivity index (χ1) is 14.2. The van der Waals surface area contributed by atoms with E-state index in [1.54, 1.807) is 11.8 Å². The second-order valence-electron chi connectivity index (χ2n) is 7.05. The Balaban J connectivity index is 1.72. The van der Waals surface area contributed by atoms with Crippen LogP contribution in [0.1, 0.15) is 47.4 Å². The Bertz CT molecular complexity index is 1090. The molecule has 4 nitrogen and oxygen atoms in total. The summed E-state index contributed by atoms with van der Waals surface area (Å²) in [4.78, 5) is 28.7. The second kappa shape index (κ2) is 8.29. The van der Waals surface area contributed by atoms with E-state index in [1.165, 1.54) is 0 Å². The van der Waals surface area contributed by atoms with Crippen LogP contribution in [0.25, 0.3) is 10.8 Å². The number of benzene rings is 3. The van der Waals surface area contributed by atoms with Crippen molar-refractivity contribution < 1.29 is 9.59 Å². The van der Waals surface area contributed by atoms with E-state index in [4.69, 9.17) is 0 Å². The van der Waals surface area contributed by atoms with Gasteiger partial charge in [0.2, 0.25) is 0 Å². The summed E-state index contributed by atoms with van der Waals surface area (Å²) in [5.74, 6) is 0.822. The monoisotopic (exact) mass is 404 g/mol. The Kier molecular flexibility index (Phi) is 5.58. The smallest absolute Gasteiger partial charge is 0.258 e. The molecule has 3 aromatic carbocycles. The Labute approximate surface area is 175 Å². The van der Waals surface area contributed by atoms with E-state index in [0.29, 0.717) is 17.7 Å². The summed E-state index contributed by atoms with van der Waals surface area (Å²) in [6, 6.07) is 17.3. The zero-order chi connectivity index (χ0) is 20.4. The molecule has 1 heterocycles. The number of nitrogens with zero attached hydrogens (tertiary/aromatic N) is 1. The number of hydrogen-bond donors (Lipinski definition) is 1. The Morgan fingerprint density at radius 2 is 1.86 bits per heavy atom. The van der Waals surface area contributed by atoms with Gasteiger partial charge >= 0.3 is 0 Å². The number of rotatable bonds is 7. The van der Waals surface area contributed by atoms with E-state index in [0.717, 1.165) is 45.6 Å². The van der Waals surface area contributed by atoms with Crippen LogP contribution < -0.4 is 10.2 Å². The van der Waals surface area contributed by atoms with Gasteiger partial charge in [0.25, 0.3) is 11.8 Å². The summed E-state index contributed by atoms with van der Waals surface area (Å²) < 4.78 is 0. The number of unbranched alkanes of at least 4 members (excludes halogenated alkanes) is 1. The fourth-order valence-corrected chi connectivity index (χ4v) is 4.62. The highest BCUT2D eigenvalue weighted by atomic mass is 32.2. The molecule has 0 fully saturated rings. The molecular weight excluding hydrogens is 380 g/mol. The molecule has 0 bridgehead atoms. The maximum Gasteiger partial charge on any atom is 0.258 e. The third kappa shape index (κ3) is 3.51. The molecule has 148 valence electrons. The summed E-state index contributed by atoms with van der Waals surface area (Å²) >= 11 is 1.66. The van der Waals surface area contributed by atoms with Crippen LogP contribution >= 0.6 is 11.8 Å². The average molecular weight is 405 g/mol. The van der Waals surface area contributed by atoms with E-state index in [-0.39, 0.29) is 11.8 Å². The summed E-state index contributed by atoms with van der Waals surface area (Å²) in [6.45, 7) is 4.91. The molecule has 2 amide bonds. The van der Waals surface area contributed by atoms with Crippen LogP contribution in [0, 0.1) is 0 Å². The van der Waals surface area contributed by atoms with Gasteiger partial charge in [-0.25, -0.2) is 0 Å². The van der Waals surface area contributed by atoms with Crippen molar-refractivity contribution in [2.45, 2.75) is 31.6 Å². The number of amides is 2. The summed E-state index contributed by atoms with van der Waals surface area (Å²) in [5.41, 5.74) is 3.06. The molecule has 0 unspecified atom stereocenters. The van der Waals surface area contributed by atoms with Crippen LogP contribution in [-0.4, -0.2) is 24.1 Å². The quantitative estimate of drug-likeness (QED) is 0.494. The van der Waals surface area contributed by atoms with Crippen LogP contribution in [-0.2, 0) is 0 Å². The van der Waals surface area contributed by atoms with Gasteiger partial charge < -0.3 is 10.2 Å². The molecule has 3 aromatic rings. The van der Waals surface area contributed by atoms with E-state index in [9.17, 15) is 9.59 Å². The SMILES string of the molecule is CCCCN1C(=O)c2cccc3c(NC(=O)c4ccccc4SCC)ccc1c23. The molecular formula is C24H24N2O2S. The highest BCUT2D eigenvalue weighted by Gasteiger charge is 2.30. The predicted octanol–water partition coefficient (Wildman–Crippen LogP) is 5.96. The fourth-order valence-electron chi connectivity index (χ4n) is 3.82. The van der Waals surface area contributed by atoms with E-state index >= 15 is 0 Å². The summed E-state index contributed by atoms with van der Waals surface area (Å²) in [6.07, 6.45) is 2.00. The Morgan fingerprint density at radius 3 is 2.66 bits per heavy atom. The molecule has 1 aliphatic heterocycles. The molecule has 5 heteroatoms. The number of carbonyl (C=O) groups excluding carboxylic acids is 2. The minimum Gasteiger partial charge on any atom is -0.321 e. The first-order valence-corrected chi connectivity index (χ1v) is 11.0. The first-order valence-electron chi connectivity index (χ1n) is 10.1. The zero-order valence-corrected chi connectivity index (χ0v) is 17.5. The fraction of sp³-hybridized carbons (Fsp3) is 0.250. The zero-order valence-electron chi connectivity index (χ0n) is 16.7. The third-order valence-corrected chi connectivity index (χ3v) is 6.16. The normalized spacial score (nSPS) is 12.6. The lowest BCUT2D eigenvalue weighted by Crippen LogP contribution is -2.27. The molecule has 1 N–H and O–H groups in total. The number of nitrogens with one attached hydrogen (secondary N) is 1. The predicted molar refractivity (Wildman–Crippen MR) is 121 cm³/mol. The van der Waals surface area contributed by atoms with Crippen molar-refractivity contribution in [2.24, 2.45) is 0 Å². The third-order valence-electron chi connectivity index (χ3n) is 5.20. The van der Waals surface area contributed by atoms with Crippen LogP contribution in [0.3, 0.4) is 0 Å². The highest BCUT2D eigenvalue weighted by molar-refractivity contribution is 7.99. The summed E-state index contributed by atoms with van der Waals surface area (Å²) in [5, 5.41) is 4.91. The van der Waals surface area contributed by atoms with Crippen molar-refractivity contribution >= 4 is 45.7 Å². The molecule has 0 atom stereocenters. The van der Waals surface area contributed by atoms with Gasteiger partial charge in [0.1, 0.15) is 0 Å². The average Bonchev–Trinajstić information content (AvgIpc) is 3.01. The molecule has 4 rings (SSSR count). The van der Waals surface area contributed by atoms with Gasteiger partial charge in [-0.3, -0.25) is 9.59 Å². The van der Waals surface area contributed by atoms with Crippen molar-refractivity contribution in [2.75, 3.05) is 22.5 Å². The topological polar surface area (TPSA) is 49.4 Å². The van der Waals surface area contributed by atoms with Gasteiger partial charge in [-0.1, -0.05) is 44.5 Å². The van der Waals surface area contributed by atoms with Gasteiger partial charge in [-0.15, -0.1) is 11.8 Å². The van der Waals surface area contributed by atoms with Crippen molar-refractivity contribution in [3.8, 4) is 0 Å². The van der Waals surface area contributed by atoms with E-state index in [2.05, 4.69) is 19.2 Å². The Hall–Kier alpha value is -2.79. The Morgan fingerprint density at radius 1 is 1.03 bits per heavy atom. The molecule has 0 saturated carbocycles. The van der Waals surface area contributed by atoms with Gasteiger partial charge in [-0.05, 0) is 42.5 Å². The van der Waals surface area contributed by atoms with Crippen LogP contribution in [0.4, 0.5) is 11.4 Å². The number of hydrogen-bond acceptors (Lipinski definition) is 3. The van der Waals surface area contributed by atoms with Crippen LogP contribution in [0.2, 0.25) is 0 Å². The van der Waals surface area contributed by atoms with Gasteiger partial charge in [0, 0.05) is 33.5 Å². The number of thioether (sulfide) groups is 1. The molecule has 0 spiro atoms. The van der Waals surface area contributed by atoms with Crippen LogP contribution in [0.5, 0.6) is 0 Å². The van der Waals surface area contributed by atoms with Gasteiger partial charge in [0.05, 0.1) is 11.3 Å². The first kappa shape index (κ1) is 19.5. The van der Waals surface area contributed by atoms with Gasteiger partial charge in [0.15, 0.2) is 0 Å². The molecule has 0 saturated heterocycles. The standard InChI is InChI=1S/C24H24N2O2S/c1-3-5-15-26-20-14-13-19(16-10-8-11-18(22(16)20)24(26)28)25-23(27)17-9-6-7-12-21(17)29-4-2/h6-14H,3-5,15H2,1-2H3,(H,25,27). The summed E-state index contributed by atoms with van der Waals surface area (Å²) in [7, 11) is 0. The molecule has 29 heavy (non-hydrogen) atoms.